The van der Waals surface area contributed by atoms with Crippen LogP contribution in [0.25, 0.3) is 16.9 Å². The van der Waals surface area contributed by atoms with Crippen LogP contribution < -0.4 is 5.32 Å². The van der Waals surface area contributed by atoms with Gasteiger partial charge >= 0.3 is 0 Å². The molecule has 1 N–H and O–H groups in total. The Kier molecular flexibility index (Phi) is 6.60. The lowest BCUT2D eigenvalue weighted by atomic mass is 9.86. The van der Waals surface area contributed by atoms with Crippen LogP contribution in [0.4, 0.5) is 0 Å². The highest BCUT2D eigenvalue weighted by Crippen LogP contribution is 2.32. The van der Waals surface area contributed by atoms with E-state index in [1.807, 2.05) is 12.1 Å². The first-order chi connectivity index (χ1) is 14.8. The van der Waals surface area contributed by atoms with Crippen LogP contribution in [-0.4, -0.2) is 10.6 Å². The molecular weight excluding hydrogens is 400 g/mol. The maximum absolute atomic E-state index is 6.18. The van der Waals surface area contributed by atoms with E-state index < -0.39 is 0 Å². The molecule has 164 valence electrons. The summed E-state index contributed by atoms with van der Waals surface area (Å²) in [6.45, 7) is 9.94. The summed E-state index contributed by atoms with van der Waals surface area (Å²) < 4.78 is 2.38. The monoisotopic (exact) mass is 434 g/mol. The molecule has 2 aromatic carbocycles. The van der Waals surface area contributed by atoms with E-state index in [9.17, 15) is 0 Å². The maximum Gasteiger partial charge on any atom is 0.0534 e. The number of hydrogen-bond donors (Lipinski definition) is 1. The van der Waals surface area contributed by atoms with Crippen LogP contribution in [0.15, 0.2) is 54.6 Å². The van der Waals surface area contributed by atoms with Gasteiger partial charge in [0.1, 0.15) is 0 Å². The quantitative estimate of drug-likeness (QED) is 0.433. The lowest BCUT2D eigenvalue weighted by molar-refractivity contribution is 0.372. The molecule has 0 aliphatic heterocycles. The van der Waals surface area contributed by atoms with Gasteiger partial charge in [0.05, 0.1) is 5.69 Å². The molecule has 0 saturated heterocycles. The topological polar surface area (TPSA) is 17.0 Å². The first-order valence-electron chi connectivity index (χ1n) is 11.6. The van der Waals surface area contributed by atoms with Crippen molar-refractivity contribution in [3.05, 3.63) is 76.4 Å². The van der Waals surface area contributed by atoms with Gasteiger partial charge in [0.15, 0.2) is 0 Å². The largest absolute Gasteiger partial charge is 0.314 e. The summed E-state index contributed by atoms with van der Waals surface area (Å²) >= 11 is 6.18. The second kappa shape index (κ2) is 9.22. The highest BCUT2D eigenvalue weighted by atomic mass is 35.5. The fourth-order valence-electron chi connectivity index (χ4n) is 4.67. The number of nitrogens with one attached hydrogen (secondary N) is 1. The summed E-state index contributed by atoms with van der Waals surface area (Å²) in [7, 11) is 0. The number of halogens is 1. The zero-order valence-corrected chi connectivity index (χ0v) is 20.1. The average molecular weight is 435 g/mol. The summed E-state index contributed by atoms with van der Waals surface area (Å²) in [5.41, 5.74) is 7.81. The van der Waals surface area contributed by atoms with Crippen LogP contribution in [0.5, 0.6) is 0 Å². The highest BCUT2D eigenvalue weighted by molar-refractivity contribution is 6.30. The molecule has 0 bridgehead atoms. The van der Waals surface area contributed by atoms with Crippen molar-refractivity contribution in [2.45, 2.75) is 77.8 Å². The number of hydrogen-bond acceptors (Lipinski definition) is 1. The van der Waals surface area contributed by atoms with Crippen molar-refractivity contribution in [2.24, 2.45) is 0 Å². The molecule has 31 heavy (non-hydrogen) atoms. The third kappa shape index (κ3) is 5.07. The van der Waals surface area contributed by atoms with E-state index in [1.54, 1.807) is 0 Å². The minimum Gasteiger partial charge on any atom is -0.314 e. The van der Waals surface area contributed by atoms with Crippen molar-refractivity contribution in [3.63, 3.8) is 0 Å². The van der Waals surface area contributed by atoms with Crippen molar-refractivity contribution in [1.29, 1.82) is 0 Å². The summed E-state index contributed by atoms with van der Waals surface area (Å²) in [4.78, 5) is 0. The SMILES string of the molecule is Cc1c(CNC2CCCCC2)cc(-c2ccc(C(C)(C)C)cc2)n1-c1ccc(Cl)cc1. The van der Waals surface area contributed by atoms with E-state index in [-0.39, 0.29) is 5.41 Å². The molecule has 0 spiro atoms. The number of nitrogens with zero attached hydrogens (tertiary/aromatic N) is 1. The van der Waals surface area contributed by atoms with Crippen LogP contribution in [0.1, 0.15) is 69.7 Å². The van der Waals surface area contributed by atoms with Crippen molar-refractivity contribution in [2.75, 3.05) is 0 Å². The molecule has 3 heteroatoms. The second-order valence-electron chi connectivity index (χ2n) is 10.00. The number of aromatic nitrogens is 1. The molecule has 1 aliphatic carbocycles. The van der Waals surface area contributed by atoms with Gasteiger partial charge in [-0.2, -0.15) is 0 Å². The normalized spacial score (nSPS) is 15.4. The predicted octanol–water partition coefficient (Wildman–Crippen LogP) is 7.83. The lowest BCUT2D eigenvalue weighted by Gasteiger charge is -2.22. The van der Waals surface area contributed by atoms with Crippen molar-refractivity contribution < 1.29 is 0 Å². The summed E-state index contributed by atoms with van der Waals surface area (Å²) in [6, 6.07) is 20.3. The van der Waals surface area contributed by atoms with Crippen molar-refractivity contribution in [1.82, 2.24) is 9.88 Å². The van der Waals surface area contributed by atoms with E-state index in [1.165, 1.54) is 60.2 Å². The standard InChI is InChI=1S/C28H35ClN2/c1-20-22(19-30-25-8-6-5-7-9-25)18-27(31(20)26-16-14-24(29)15-17-26)21-10-12-23(13-11-21)28(2,3)4/h10-18,25,30H,5-9,19H2,1-4H3. The molecule has 0 radical (unpaired) electrons. The average Bonchev–Trinajstić information content (AvgIpc) is 3.09. The van der Waals surface area contributed by atoms with E-state index in [0.29, 0.717) is 6.04 Å². The molecule has 0 atom stereocenters. The minimum atomic E-state index is 0.154. The molecule has 1 aromatic heterocycles. The zero-order valence-electron chi connectivity index (χ0n) is 19.3. The van der Waals surface area contributed by atoms with Gasteiger partial charge < -0.3 is 9.88 Å². The van der Waals surface area contributed by atoms with E-state index in [0.717, 1.165) is 17.3 Å². The van der Waals surface area contributed by atoms with E-state index in [4.69, 9.17) is 11.6 Å². The Bertz CT molecular complexity index is 1000. The third-order valence-electron chi connectivity index (χ3n) is 6.67. The molecule has 2 nitrogen and oxygen atoms in total. The zero-order chi connectivity index (χ0) is 22.0. The minimum absolute atomic E-state index is 0.154. The summed E-state index contributed by atoms with van der Waals surface area (Å²) in [6.07, 6.45) is 6.70. The fourth-order valence-corrected chi connectivity index (χ4v) is 4.80. The molecular formula is C28H35ClN2. The Morgan fingerprint density at radius 1 is 0.935 bits per heavy atom. The van der Waals surface area contributed by atoms with Gasteiger partial charge in [-0.15, -0.1) is 0 Å². The van der Waals surface area contributed by atoms with Gasteiger partial charge in [0, 0.05) is 29.0 Å². The van der Waals surface area contributed by atoms with Crippen LogP contribution in [0.3, 0.4) is 0 Å². The van der Waals surface area contributed by atoms with Crippen molar-refractivity contribution in [3.8, 4) is 16.9 Å². The summed E-state index contributed by atoms with van der Waals surface area (Å²) in [5.74, 6) is 0. The fraction of sp³-hybridized carbons (Fsp3) is 0.429. The molecule has 1 heterocycles. The Labute approximate surface area is 192 Å². The van der Waals surface area contributed by atoms with Gasteiger partial charge in [-0.25, -0.2) is 0 Å². The van der Waals surface area contributed by atoms with Gasteiger partial charge in [0.2, 0.25) is 0 Å². The van der Waals surface area contributed by atoms with E-state index >= 15 is 0 Å². The predicted molar refractivity (Wildman–Crippen MR) is 133 cm³/mol. The molecule has 0 amide bonds. The second-order valence-corrected chi connectivity index (χ2v) is 10.4. The Morgan fingerprint density at radius 2 is 1.58 bits per heavy atom. The number of rotatable bonds is 5. The van der Waals surface area contributed by atoms with Crippen LogP contribution in [0, 0.1) is 6.92 Å². The van der Waals surface area contributed by atoms with Gasteiger partial charge in [-0.05, 0) is 72.2 Å². The number of benzene rings is 2. The Hall–Kier alpha value is -2.03. The summed E-state index contributed by atoms with van der Waals surface area (Å²) in [5, 5.41) is 4.59. The van der Waals surface area contributed by atoms with Crippen molar-refractivity contribution >= 4 is 11.6 Å². The smallest absolute Gasteiger partial charge is 0.0534 e. The molecule has 1 fully saturated rings. The van der Waals surface area contributed by atoms with Crippen LogP contribution >= 0.6 is 11.6 Å². The van der Waals surface area contributed by atoms with Gasteiger partial charge in [-0.1, -0.05) is 75.9 Å². The van der Waals surface area contributed by atoms with Crippen LogP contribution in [-0.2, 0) is 12.0 Å². The molecule has 1 aliphatic rings. The Balaban J connectivity index is 1.70. The third-order valence-corrected chi connectivity index (χ3v) is 6.92. The first-order valence-corrected chi connectivity index (χ1v) is 12.0. The molecule has 0 unspecified atom stereocenters. The molecule has 1 saturated carbocycles. The molecule has 4 rings (SSSR count). The van der Waals surface area contributed by atoms with Crippen LogP contribution in [0.2, 0.25) is 5.02 Å². The van der Waals surface area contributed by atoms with E-state index in [2.05, 4.69) is 80.0 Å². The molecule has 3 aromatic rings. The van der Waals surface area contributed by atoms with Gasteiger partial charge in [-0.3, -0.25) is 0 Å². The van der Waals surface area contributed by atoms with Gasteiger partial charge in [0.25, 0.3) is 0 Å². The first kappa shape index (κ1) is 22.2. The lowest BCUT2D eigenvalue weighted by Crippen LogP contribution is -2.30. The highest BCUT2D eigenvalue weighted by Gasteiger charge is 2.19. The Morgan fingerprint density at radius 3 is 2.19 bits per heavy atom. The maximum atomic E-state index is 6.18.